The van der Waals surface area contributed by atoms with Crippen molar-refractivity contribution in [3.8, 4) is 0 Å². The monoisotopic (exact) mass is 313 g/mol. The Morgan fingerprint density at radius 1 is 1.53 bits per heavy atom. The molecule has 2 aromatic heterocycles. The molecular formula is C12H16BrN3S. The molecule has 0 aliphatic carbocycles. The topological polar surface area (TPSA) is 29.9 Å². The van der Waals surface area contributed by atoms with Crippen LogP contribution in [0.2, 0.25) is 0 Å². The summed E-state index contributed by atoms with van der Waals surface area (Å²) in [5.41, 5.74) is 0. The molecule has 5 heteroatoms. The lowest BCUT2D eigenvalue weighted by Crippen LogP contribution is -2.25. The van der Waals surface area contributed by atoms with Crippen LogP contribution >= 0.6 is 27.3 Å². The molecule has 0 bridgehead atoms. The highest BCUT2D eigenvalue weighted by atomic mass is 79.9. The second-order valence-corrected chi connectivity index (χ2v) is 6.46. The predicted octanol–water partition coefficient (Wildman–Crippen LogP) is 3.14. The molecule has 2 heterocycles. The number of rotatable bonds is 5. The summed E-state index contributed by atoms with van der Waals surface area (Å²) in [4.78, 5) is 5.80. The first-order valence-corrected chi connectivity index (χ1v) is 7.26. The van der Waals surface area contributed by atoms with Crippen molar-refractivity contribution < 1.29 is 0 Å². The second-order valence-electron chi connectivity index (χ2n) is 3.92. The van der Waals surface area contributed by atoms with E-state index in [4.69, 9.17) is 0 Å². The Hall–Kier alpha value is -0.650. The molecule has 1 N–H and O–H groups in total. The van der Waals surface area contributed by atoms with E-state index < -0.39 is 0 Å². The normalized spacial score (nSPS) is 12.9. The summed E-state index contributed by atoms with van der Waals surface area (Å²) in [6.45, 7) is 3.07. The first kappa shape index (κ1) is 12.8. The van der Waals surface area contributed by atoms with Crippen LogP contribution in [0.25, 0.3) is 0 Å². The minimum absolute atomic E-state index is 0.283. The number of nitrogens with one attached hydrogen (secondary N) is 1. The summed E-state index contributed by atoms with van der Waals surface area (Å²) < 4.78 is 3.26. The van der Waals surface area contributed by atoms with Crippen LogP contribution in [0.3, 0.4) is 0 Å². The van der Waals surface area contributed by atoms with Gasteiger partial charge in [-0.25, -0.2) is 4.98 Å². The zero-order valence-corrected chi connectivity index (χ0v) is 12.4. The van der Waals surface area contributed by atoms with E-state index in [2.05, 4.69) is 49.9 Å². The molecule has 92 valence electrons. The van der Waals surface area contributed by atoms with Crippen molar-refractivity contribution >= 4 is 27.3 Å². The van der Waals surface area contributed by atoms with Crippen molar-refractivity contribution in [2.75, 3.05) is 6.54 Å². The molecule has 0 fully saturated rings. The van der Waals surface area contributed by atoms with E-state index in [9.17, 15) is 0 Å². The van der Waals surface area contributed by atoms with Crippen LogP contribution in [0.1, 0.15) is 23.7 Å². The SMILES string of the molecule is CCNC(Cc1ccc(Br)s1)c1nccn1C. The maximum Gasteiger partial charge on any atom is 0.125 e. The molecule has 1 unspecified atom stereocenters. The largest absolute Gasteiger partial charge is 0.337 e. The Balaban J connectivity index is 2.15. The number of aryl methyl sites for hydroxylation is 1. The highest BCUT2D eigenvalue weighted by Gasteiger charge is 2.16. The van der Waals surface area contributed by atoms with Crippen molar-refractivity contribution in [2.45, 2.75) is 19.4 Å². The molecule has 0 saturated carbocycles. The molecule has 3 nitrogen and oxygen atoms in total. The molecule has 17 heavy (non-hydrogen) atoms. The average molecular weight is 314 g/mol. The zero-order chi connectivity index (χ0) is 12.3. The number of hydrogen-bond acceptors (Lipinski definition) is 3. The van der Waals surface area contributed by atoms with Gasteiger partial charge in [0.1, 0.15) is 5.82 Å². The Morgan fingerprint density at radius 3 is 2.88 bits per heavy atom. The summed E-state index contributed by atoms with van der Waals surface area (Å²) in [6, 6.07) is 4.55. The molecule has 0 aliphatic rings. The van der Waals surface area contributed by atoms with Crippen LogP contribution in [0, 0.1) is 0 Å². The van der Waals surface area contributed by atoms with E-state index >= 15 is 0 Å². The summed E-state index contributed by atoms with van der Waals surface area (Å²) in [7, 11) is 2.04. The molecule has 1 atom stereocenters. The van der Waals surface area contributed by atoms with Crippen LogP contribution < -0.4 is 5.32 Å². The van der Waals surface area contributed by atoms with E-state index in [0.717, 1.165) is 18.8 Å². The maximum absolute atomic E-state index is 4.43. The zero-order valence-electron chi connectivity index (χ0n) is 9.98. The third-order valence-corrected chi connectivity index (χ3v) is 4.30. The van der Waals surface area contributed by atoms with Crippen LogP contribution in [-0.2, 0) is 13.5 Å². The number of nitrogens with zero attached hydrogens (tertiary/aromatic N) is 2. The van der Waals surface area contributed by atoms with E-state index in [1.54, 1.807) is 11.3 Å². The average Bonchev–Trinajstić information content (AvgIpc) is 2.87. The molecule has 0 spiro atoms. The number of thiophene rings is 1. The Bertz CT molecular complexity index is 478. The maximum atomic E-state index is 4.43. The highest BCUT2D eigenvalue weighted by Crippen LogP contribution is 2.26. The van der Waals surface area contributed by atoms with E-state index in [1.165, 1.54) is 8.66 Å². The molecule has 0 aliphatic heterocycles. The summed E-state index contributed by atoms with van der Waals surface area (Å²) in [6.07, 6.45) is 4.82. The van der Waals surface area contributed by atoms with E-state index in [0.29, 0.717) is 0 Å². The third kappa shape index (κ3) is 3.18. The van der Waals surface area contributed by atoms with E-state index in [-0.39, 0.29) is 6.04 Å². The first-order chi connectivity index (χ1) is 8.20. The lowest BCUT2D eigenvalue weighted by molar-refractivity contribution is 0.509. The van der Waals surface area contributed by atoms with Crippen LogP contribution in [0.5, 0.6) is 0 Å². The van der Waals surface area contributed by atoms with Gasteiger partial charge in [0.15, 0.2) is 0 Å². The van der Waals surface area contributed by atoms with Crippen molar-refractivity contribution in [2.24, 2.45) is 7.05 Å². The number of hydrogen-bond donors (Lipinski definition) is 1. The molecule has 0 aromatic carbocycles. The van der Waals surface area contributed by atoms with Gasteiger partial charge in [0.25, 0.3) is 0 Å². The summed E-state index contributed by atoms with van der Waals surface area (Å²) in [5.74, 6) is 1.09. The Morgan fingerprint density at radius 2 is 2.35 bits per heavy atom. The highest BCUT2D eigenvalue weighted by molar-refractivity contribution is 9.11. The van der Waals surface area contributed by atoms with Crippen molar-refractivity contribution in [1.29, 1.82) is 0 Å². The van der Waals surface area contributed by atoms with Gasteiger partial charge in [-0.15, -0.1) is 11.3 Å². The van der Waals surface area contributed by atoms with Gasteiger partial charge in [-0.3, -0.25) is 0 Å². The Kier molecular flexibility index (Phi) is 4.36. The Labute approximate surface area is 114 Å². The van der Waals surface area contributed by atoms with Crippen molar-refractivity contribution in [3.63, 3.8) is 0 Å². The summed E-state index contributed by atoms with van der Waals surface area (Å²) in [5, 5.41) is 3.49. The van der Waals surface area contributed by atoms with Crippen LogP contribution in [-0.4, -0.2) is 16.1 Å². The number of likely N-dealkylation sites (N-methyl/N-ethyl adjacent to an activating group) is 1. The quantitative estimate of drug-likeness (QED) is 0.919. The van der Waals surface area contributed by atoms with Gasteiger partial charge in [-0.1, -0.05) is 6.92 Å². The number of aromatic nitrogens is 2. The number of halogens is 1. The predicted molar refractivity (Wildman–Crippen MR) is 75.3 cm³/mol. The van der Waals surface area contributed by atoms with Gasteiger partial charge >= 0.3 is 0 Å². The van der Waals surface area contributed by atoms with Gasteiger partial charge in [0.05, 0.1) is 9.83 Å². The standard InChI is InChI=1S/C12H16BrN3S/c1-3-14-10(12-15-6-7-16(12)2)8-9-4-5-11(13)17-9/h4-7,10,14H,3,8H2,1-2H3. The van der Waals surface area contributed by atoms with Gasteiger partial charge in [-0.05, 0) is 34.6 Å². The summed E-state index contributed by atoms with van der Waals surface area (Å²) >= 11 is 5.29. The smallest absolute Gasteiger partial charge is 0.125 e. The molecule has 0 amide bonds. The second kappa shape index (κ2) is 5.80. The molecule has 2 rings (SSSR count). The third-order valence-electron chi connectivity index (χ3n) is 2.65. The van der Waals surface area contributed by atoms with Crippen molar-refractivity contribution in [1.82, 2.24) is 14.9 Å². The first-order valence-electron chi connectivity index (χ1n) is 5.65. The van der Waals surface area contributed by atoms with Crippen LogP contribution in [0.15, 0.2) is 28.3 Å². The van der Waals surface area contributed by atoms with Gasteiger partial charge in [0, 0.05) is 30.7 Å². The molecular weight excluding hydrogens is 298 g/mol. The lowest BCUT2D eigenvalue weighted by atomic mass is 10.1. The lowest BCUT2D eigenvalue weighted by Gasteiger charge is -2.16. The fourth-order valence-corrected chi connectivity index (χ4v) is 3.41. The van der Waals surface area contributed by atoms with Gasteiger partial charge in [-0.2, -0.15) is 0 Å². The molecule has 0 radical (unpaired) electrons. The minimum Gasteiger partial charge on any atom is -0.337 e. The van der Waals surface area contributed by atoms with E-state index in [1.807, 2.05) is 19.4 Å². The van der Waals surface area contributed by atoms with Gasteiger partial charge < -0.3 is 9.88 Å². The van der Waals surface area contributed by atoms with Gasteiger partial charge in [0.2, 0.25) is 0 Å². The molecule has 0 saturated heterocycles. The number of imidazole rings is 1. The fourth-order valence-electron chi connectivity index (χ4n) is 1.88. The minimum atomic E-state index is 0.283. The van der Waals surface area contributed by atoms with Crippen molar-refractivity contribution in [3.05, 3.63) is 39.0 Å². The molecule has 2 aromatic rings. The fraction of sp³-hybridized carbons (Fsp3) is 0.417. The van der Waals surface area contributed by atoms with Crippen LogP contribution in [0.4, 0.5) is 0 Å².